The average molecular weight is 555 g/mol. The maximum absolute atomic E-state index is 13.3. The molecule has 1 heterocycles. The zero-order chi connectivity index (χ0) is 29.2. The first-order valence-electron chi connectivity index (χ1n) is 15.2. The molecule has 1 N–H and O–H groups in total. The van der Waals surface area contributed by atoms with Gasteiger partial charge in [-0.05, 0) is 82.2 Å². The zero-order valence-electron chi connectivity index (χ0n) is 25.2. The van der Waals surface area contributed by atoms with E-state index < -0.39 is 0 Å². The Kier molecular flexibility index (Phi) is 10.8. The van der Waals surface area contributed by atoms with Crippen molar-refractivity contribution in [2.75, 3.05) is 19.6 Å². The van der Waals surface area contributed by atoms with Crippen LogP contribution in [0, 0.1) is 6.92 Å². The predicted molar refractivity (Wildman–Crippen MR) is 167 cm³/mol. The summed E-state index contributed by atoms with van der Waals surface area (Å²) >= 11 is 0. The van der Waals surface area contributed by atoms with Crippen molar-refractivity contribution < 1.29 is 14.3 Å². The first kappa shape index (κ1) is 30.5. The lowest BCUT2D eigenvalue weighted by Gasteiger charge is -2.36. The second-order valence-electron chi connectivity index (χ2n) is 11.8. The number of carbonyl (C=O) groups is 2. The lowest BCUT2D eigenvalue weighted by Crippen LogP contribution is -2.45. The van der Waals surface area contributed by atoms with E-state index in [0.29, 0.717) is 6.42 Å². The highest BCUT2D eigenvalue weighted by Gasteiger charge is 2.34. The molecular weight excluding hydrogens is 508 g/mol. The summed E-state index contributed by atoms with van der Waals surface area (Å²) in [7, 11) is 0. The van der Waals surface area contributed by atoms with Crippen molar-refractivity contribution in [3.63, 3.8) is 0 Å². The van der Waals surface area contributed by atoms with E-state index in [1.54, 1.807) is 0 Å². The SMILES string of the molecule is CCC(CCCN1CCC(NC(=O)c2ccccc2-c2ccc(C)cc2)CC1)(CC(=O)OC(C)C)c1ccccc1. The maximum Gasteiger partial charge on any atom is 0.306 e. The minimum absolute atomic E-state index is 0.00324. The van der Waals surface area contributed by atoms with Gasteiger partial charge in [0.2, 0.25) is 0 Å². The lowest BCUT2D eigenvalue weighted by molar-refractivity contribution is -0.149. The number of esters is 1. The van der Waals surface area contributed by atoms with Crippen LogP contribution in [0.5, 0.6) is 0 Å². The van der Waals surface area contributed by atoms with Gasteiger partial charge in [-0.3, -0.25) is 9.59 Å². The number of aryl methyl sites for hydroxylation is 1. The van der Waals surface area contributed by atoms with Crippen LogP contribution in [-0.4, -0.2) is 48.6 Å². The third kappa shape index (κ3) is 8.29. The molecule has 5 nitrogen and oxygen atoms in total. The Hall–Kier alpha value is -3.44. The van der Waals surface area contributed by atoms with Crippen molar-refractivity contribution in [1.29, 1.82) is 0 Å². The topological polar surface area (TPSA) is 58.6 Å². The molecule has 1 saturated heterocycles. The van der Waals surface area contributed by atoms with Gasteiger partial charge in [0.1, 0.15) is 0 Å². The van der Waals surface area contributed by atoms with Crippen LogP contribution < -0.4 is 5.32 Å². The highest BCUT2D eigenvalue weighted by atomic mass is 16.5. The van der Waals surface area contributed by atoms with Crippen LogP contribution in [0.2, 0.25) is 0 Å². The lowest BCUT2D eigenvalue weighted by atomic mass is 9.72. The molecule has 0 aromatic heterocycles. The molecule has 1 atom stereocenters. The van der Waals surface area contributed by atoms with E-state index in [9.17, 15) is 9.59 Å². The van der Waals surface area contributed by atoms with Crippen LogP contribution >= 0.6 is 0 Å². The molecule has 1 aliphatic heterocycles. The Bertz CT molecular complexity index is 1260. The van der Waals surface area contributed by atoms with Crippen molar-refractivity contribution in [2.45, 2.75) is 83.8 Å². The molecule has 3 aromatic rings. The minimum Gasteiger partial charge on any atom is -0.463 e. The number of likely N-dealkylation sites (tertiary alicyclic amines) is 1. The molecule has 0 aliphatic carbocycles. The summed E-state index contributed by atoms with van der Waals surface area (Å²) < 4.78 is 5.55. The van der Waals surface area contributed by atoms with Crippen LogP contribution in [0.4, 0.5) is 0 Å². The molecule has 0 bridgehead atoms. The Morgan fingerprint density at radius 3 is 2.27 bits per heavy atom. The Morgan fingerprint density at radius 2 is 1.61 bits per heavy atom. The first-order valence-corrected chi connectivity index (χ1v) is 15.2. The van der Waals surface area contributed by atoms with Crippen LogP contribution in [0.25, 0.3) is 11.1 Å². The number of carbonyl (C=O) groups excluding carboxylic acids is 2. The second kappa shape index (κ2) is 14.5. The maximum atomic E-state index is 13.3. The smallest absolute Gasteiger partial charge is 0.306 e. The third-order valence-electron chi connectivity index (χ3n) is 8.50. The van der Waals surface area contributed by atoms with Crippen molar-refractivity contribution in [2.24, 2.45) is 0 Å². The number of nitrogens with one attached hydrogen (secondary N) is 1. The van der Waals surface area contributed by atoms with E-state index in [0.717, 1.165) is 68.4 Å². The molecule has 5 heteroatoms. The summed E-state index contributed by atoms with van der Waals surface area (Å²) in [6.45, 7) is 11.0. The van der Waals surface area contributed by atoms with Gasteiger partial charge >= 0.3 is 5.97 Å². The molecule has 0 radical (unpaired) electrons. The minimum atomic E-state index is -0.218. The third-order valence-corrected chi connectivity index (χ3v) is 8.50. The van der Waals surface area contributed by atoms with E-state index in [-0.39, 0.29) is 29.4 Å². The number of rotatable bonds is 12. The molecule has 1 aliphatic rings. The number of amides is 1. The molecule has 0 spiro atoms. The van der Waals surface area contributed by atoms with E-state index in [1.165, 1.54) is 11.1 Å². The van der Waals surface area contributed by atoms with Crippen molar-refractivity contribution in [3.8, 4) is 11.1 Å². The summed E-state index contributed by atoms with van der Waals surface area (Å²) in [4.78, 5) is 28.5. The fourth-order valence-corrected chi connectivity index (χ4v) is 6.08. The molecule has 1 unspecified atom stereocenters. The number of ether oxygens (including phenoxy) is 1. The molecule has 41 heavy (non-hydrogen) atoms. The van der Waals surface area contributed by atoms with Gasteiger partial charge in [-0.15, -0.1) is 0 Å². The van der Waals surface area contributed by atoms with E-state index in [2.05, 4.69) is 72.6 Å². The summed E-state index contributed by atoms with van der Waals surface area (Å²) in [6, 6.07) is 26.8. The van der Waals surface area contributed by atoms with Gasteiger partial charge < -0.3 is 15.0 Å². The van der Waals surface area contributed by atoms with Gasteiger partial charge in [-0.25, -0.2) is 0 Å². The Balaban J connectivity index is 1.31. The second-order valence-corrected chi connectivity index (χ2v) is 11.8. The molecule has 1 fully saturated rings. The number of nitrogens with zero attached hydrogens (tertiary/aromatic N) is 1. The van der Waals surface area contributed by atoms with Crippen molar-refractivity contribution >= 4 is 11.9 Å². The normalized spacial score (nSPS) is 15.8. The average Bonchev–Trinajstić information content (AvgIpc) is 2.98. The van der Waals surface area contributed by atoms with Crippen molar-refractivity contribution in [3.05, 3.63) is 95.6 Å². The first-order chi connectivity index (χ1) is 19.8. The number of piperidine rings is 1. The summed E-state index contributed by atoms with van der Waals surface area (Å²) in [6.07, 6.45) is 5.02. The highest BCUT2D eigenvalue weighted by Crippen LogP contribution is 2.37. The Morgan fingerprint density at radius 1 is 0.951 bits per heavy atom. The zero-order valence-corrected chi connectivity index (χ0v) is 25.2. The molecule has 218 valence electrons. The largest absolute Gasteiger partial charge is 0.463 e. The van der Waals surface area contributed by atoms with E-state index in [4.69, 9.17) is 4.74 Å². The molecular formula is C36H46N2O3. The molecule has 3 aromatic carbocycles. The number of benzene rings is 3. The van der Waals surface area contributed by atoms with Crippen LogP contribution in [0.15, 0.2) is 78.9 Å². The van der Waals surface area contributed by atoms with Gasteiger partial charge in [-0.1, -0.05) is 85.3 Å². The van der Waals surface area contributed by atoms with E-state index in [1.807, 2.05) is 44.2 Å². The fraction of sp³-hybridized carbons (Fsp3) is 0.444. The monoisotopic (exact) mass is 554 g/mol. The highest BCUT2D eigenvalue weighted by molar-refractivity contribution is 6.01. The summed E-state index contributed by atoms with van der Waals surface area (Å²) in [5, 5.41) is 3.31. The predicted octanol–water partition coefficient (Wildman–Crippen LogP) is 7.33. The standard InChI is InChI=1S/C36H46N2O3/c1-5-36(26-34(39)41-27(2)3,30-12-7-6-8-13-30)22-11-23-38-24-20-31(21-25-38)37-35(40)33-15-10-9-14-32(33)29-18-16-28(4)17-19-29/h6-10,12-19,27,31H,5,11,20-26H2,1-4H3,(H,37,40). The van der Waals surface area contributed by atoms with Gasteiger partial charge in [0, 0.05) is 30.1 Å². The summed E-state index contributed by atoms with van der Waals surface area (Å²) in [5.41, 5.74) is 4.97. The number of hydrogen-bond donors (Lipinski definition) is 1. The van der Waals surface area contributed by atoms with Gasteiger partial charge in [0.15, 0.2) is 0 Å². The Labute approximate surface area is 246 Å². The van der Waals surface area contributed by atoms with Gasteiger partial charge in [0.05, 0.1) is 12.5 Å². The van der Waals surface area contributed by atoms with E-state index >= 15 is 0 Å². The molecule has 0 saturated carbocycles. The van der Waals surface area contributed by atoms with Crippen molar-refractivity contribution in [1.82, 2.24) is 10.2 Å². The van der Waals surface area contributed by atoms with Crippen LogP contribution in [-0.2, 0) is 14.9 Å². The van der Waals surface area contributed by atoms with Crippen LogP contribution in [0.3, 0.4) is 0 Å². The van der Waals surface area contributed by atoms with Gasteiger partial charge in [-0.2, -0.15) is 0 Å². The van der Waals surface area contributed by atoms with Crippen LogP contribution in [0.1, 0.15) is 80.8 Å². The molecule has 4 rings (SSSR count). The fourth-order valence-electron chi connectivity index (χ4n) is 6.08. The number of hydrogen-bond acceptors (Lipinski definition) is 4. The van der Waals surface area contributed by atoms with Gasteiger partial charge in [0.25, 0.3) is 5.91 Å². The summed E-state index contributed by atoms with van der Waals surface area (Å²) in [5.74, 6) is -0.116. The quantitative estimate of drug-likeness (QED) is 0.238. The molecule has 1 amide bonds.